The van der Waals surface area contributed by atoms with Crippen molar-refractivity contribution >= 4 is 5.91 Å². The molecule has 0 saturated carbocycles. The van der Waals surface area contributed by atoms with E-state index < -0.39 is 11.7 Å². The average Bonchev–Trinajstić information content (AvgIpc) is 2.81. The van der Waals surface area contributed by atoms with Gasteiger partial charge in [0.15, 0.2) is 0 Å². The van der Waals surface area contributed by atoms with E-state index >= 15 is 0 Å². The highest BCUT2D eigenvalue weighted by Gasteiger charge is 2.35. The smallest absolute Gasteiger partial charge is 0.370 e. The summed E-state index contributed by atoms with van der Waals surface area (Å²) in [4.78, 5) is 16.8. The summed E-state index contributed by atoms with van der Waals surface area (Å²) in [5.41, 5.74) is 1.78. The number of halogens is 3. The Morgan fingerprint density at radius 1 is 0.971 bits per heavy atom. The fourth-order valence-electron chi connectivity index (χ4n) is 4.48. The number of alkyl halides is 3. The van der Waals surface area contributed by atoms with Gasteiger partial charge in [-0.2, -0.15) is 18.4 Å². The Morgan fingerprint density at radius 3 is 2.15 bits per heavy atom. The third kappa shape index (κ3) is 6.56. The molecule has 2 aromatic carbocycles. The second-order valence-corrected chi connectivity index (χ2v) is 8.86. The SMILES string of the molecule is N#Cc1ccc(CNC(=O)CN2CC3CN(CCc4ccc(C(F)(F)F)cc4)CC(C2)O3)cc1. The zero-order chi connectivity index (χ0) is 24.1. The Labute approximate surface area is 196 Å². The topological polar surface area (TPSA) is 68.6 Å². The molecule has 2 fully saturated rings. The van der Waals surface area contributed by atoms with Gasteiger partial charge in [-0.05, 0) is 41.8 Å². The highest BCUT2D eigenvalue weighted by Crippen LogP contribution is 2.29. The summed E-state index contributed by atoms with van der Waals surface area (Å²) in [6, 6.07) is 14.5. The number of morpholine rings is 2. The van der Waals surface area contributed by atoms with Gasteiger partial charge in [-0.25, -0.2) is 0 Å². The first-order valence-electron chi connectivity index (χ1n) is 11.3. The fourth-order valence-corrected chi connectivity index (χ4v) is 4.48. The van der Waals surface area contributed by atoms with Gasteiger partial charge in [0.25, 0.3) is 0 Å². The summed E-state index contributed by atoms with van der Waals surface area (Å²) in [5, 5.41) is 11.8. The number of nitrogens with zero attached hydrogens (tertiary/aromatic N) is 3. The number of rotatable bonds is 7. The molecule has 2 saturated heterocycles. The quantitative estimate of drug-likeness (QED) is 0.671. The lowest BCUT2D eigenvalue weighted by molar-refractivity contribution is -0.145. The second kappa shape index (κ2) is 10.6. The van der Waals surface area contributed by atoms with E-state index in [9.17, 15) is 18.0 Å². The lowest BCUT2D eigenvalue weighted by atomic mass is 10.1. The number of carbonyl (C=O) groups excluding carboxylic acids is 1. The minimum absolute atomic E-state index is 0.00596. The van der Waals surface area contributed by atoms with Crippen molar-refractivity contribution in [1.82, 2.24) is 15.1 Å². The van der Waals surface area contributed by atoms with Crippen LogP contribution < -0.4 is 5.32 Å². The largest absolute Gasteiger partial charge is 0.416 e. The highest BCUT2D eigenvalue weighted by atomic mass is 19.4. The van der Waals surface area contributed by atoms with E-state index in [4.69, 9.17) is 10.00 Å². The molecule has 4 rings (SSSR count). The number of fused-ring (bicyclic) bond motifs is 2. The van der Waals surface area contributed by atoms with E-state index in [1.54, 1.807) is 24.3 Å². The first-order valence-corrected chi connectivity index (χ1v) is 11.3. The highest BCUT2D eigenvalue weighted by molar-refractivity contribution is 5.78. The summed E-state index contributed by atoms with van der Waals surface area (Å²) >= 11 is 0. The molecule has 1 amide bonds. The summed E-state index contributed by atoms with van der Waals surface area (Å²) < 4.78 is 44.2. The van der Waals surface area contributed by atoms with Crippen LogP contribution in [0.3, 0.4) is 0 Å². The van der Waals surface area contributed by atoms with Crippen molar-refractivity contribution in [2.24, 2.45) is 0 Å². The standard InChI is InChI=1S/C25H27F3N4O2/c26-25(27,28)21-7-5-18(6-8-21)9-10-31-13-22-15-32(16-23(14-31)34-22)17-24(33)30-12-20-3-1-19(11-29)2-4-20/h1-8,22-23H,9-10,12-17H2,(H,30,33). The number of amides is 1. The molecule has 0 aliphatic carbocycles. The number of carbonyl (C=O) groups is 1. The summed E-state index contributed by atoms with van der Waals surface area (Å²) in [6.07, 6.45) is -3.62. The lowest BCUT2D eigenvalue weighted by Gasteiger charge is -2.45. The molecule has 9 heteroatoms. The van der Waals surface area contributed by atoms with E-state index in [1.165, 1.54) is 0 Å². The maximum Gasteiger partial charge on any atom is 0.416 e. The van der Waals surface area contributed by atoms with E-state index in [1.807, 2.05) is 12.1 Å². The zero-order valence-electron chi connectivity index (χ0n) is 18.7. The van der Waals surface area contributed by atoms with Crippen molar-refractivity contribution in [3.8, 4) is 6.07 Å². The predicted octanol–water partition coefficient (Wildman–Crippen LogP) is 2.82. The van der Waals surface area contributed by atoms with Gasteiger partial charge in [-0.3, -0.25) is 14.6 Å². The number of nitrogens with one attached hydrogen (secondary N) is 1. The molecule has 2 unspecified atom stereocenters. The van der Waals surface area contributed by atoms with Gasteiger partial charge in [0.1, 0.15) is 0 Å². The first-order chi connectivity index (χ1) is 16.3. The Kier molecular flexibility index (Phi) is 7.51. The molecule has 180 valence electrons. The number of ether oxygens (including phenoxy) is 1. The van der Waals surface area contributed by atoms with Crippen LogP contribution in [0.15, 0.2) is 48.5 Å². The molecule has 6 nitrogen and oxygen atoms in total. The number of hydrogen-bond donors (Lipinski definition) is 1. The molecule has 2 atom stereocenters. The van der Waals surface area contributed by atoms with Crippen LogP contribution in [0.2, 0.25) is 0 Å². The van der Waals surface area contributed by atoms with Crippen LogP contribution in [0.4, 0.5) is 13.2 Å². The second-order valence-electron chi connectivity index (χ2n) is 8.86. The zero-order valence-corrected chi connectivity index (χ0v) is 18.7. The molecule has 0 spiro atoms. The van der Waals surface area contributed by atoms with E-state index in [-0.39, 0.29) is 18.1 Å². The molecular weight excluding hydrogens is 445 g/mol. The van der Waals surface area contributed by atoms with Crippen LogP contribution in [-0.4, -0.2) is 67.2 Å². The molecule has 34 heavy (non-hydrogen) atoms. The molecule has 0 radical (unpaired) electrons. The van der Waals surface area contributed by atoms with E-state index in [0.29, 0.717) is 38.2 Å². The maximum absolute atomic E-state index is 12.7. The van der Waals surface area contributed by atoms with Crippen LogP contribution in [0.1, 0.15) is 22.3 Å². The molecule has 2 heterocycles. The van der Waals surface area contributed by atoms with Crippen molar-refractivity contribution in [3.05, 3.63) is 70.8 Å². The maximum atomic E-state index is 12.7. The van der Waals surface area contributed by atoms with Crippen LogP contribution in [-0.2, 0) is 28.7 Å². The molecule has 2 aliphatic heterocycles. The summed E-state index contributed by atoms with van der Waals surface area (Å²) in [6.45, 7) is 4.28. The van der Waals surface area contributed by atoms with Gasteiger partial charge in [0.2, 0.25) is 5.91 Å². The summed E-state index contributed by atoms with van der Waals surface area (Å²) in [5.74, 6) is -0.0523. The Bertz CT molecular complexity index is 1000. The minimum Gasteiger partial charge on any atom is -0.370 e. The van der Waals surface area contributed by atoms with E-state index in [2.05, 4.69) is 21.2 Å². The number of hydrogen-bond acceptors (Lipinski definition) is 5. The van der Waals surface area contributed by atoms with E-state index in [0.717, 1.165) is 42.9 Å². The third-order valence-corrected chi connectivity index (χ3v) is 6.17. The molecule has 1 N–H and O–H groups in total. The van der Waals surface area contributed by atoms with Crippen molar-refractivity contribution in [2.45, 2.75) is 31.3 Å². The van der Waals surface area contributed by atoms with Crippen LogP contribution >= 0.6 is 0 Å². The Balaban J connectivity index is 1.20. The molecular formula is C25H27F3N4O2. The summed E-state index contributed by atoms with van der Waals surface area (Å²) in [7, 11) is 0. The van der Waals surface area contributed by atoms with Crippen LogP contribution in [0, 0.1) is 11.3 Å². The van der Waals surface area contributed by atoms with Crippen LogP contribution in [0.5, 0.6) is 0 Å². The van der Waals surface area contributed by atoms with Gasteiger partial charge in [0.05, 0.1) is 35.9 Å². The molecule has 2 aromatic rings. The third-order valence-electron chi connectivity index (χ3n) is 6.17. The van der Waals surface area contributed by atoms with Crippen LogP contribution in [0.25, 0.3) is 0 Å². The van der Waals surface area contributed by atoms with Crippen molar-refractivity contribution in [3.63, 3.8) is 0 Å². The molecule has 2 aliphatic rings. The van der Waals surface area contributed by atoms with Gasteiger partial charge in [-0.15, -0.1) is 0 Å². The predicted molar refractivity (Wildman–Crippen MR) is 120 cm³/mol. The van der Waals surface area contributed by atoms with Crippen molar-refractivity contribution in [1.29, 1.82) is 5.26 Å². The number of benzene rings is 2. The van der Waals surface area contributed by atoms with Crippen molar-refractivity contribution in [2.75, 3.05) is 39.3 Å². The Hall–Kier alpha value is -2.93. The fraction of sp³-hybridized carbons (Fsp3) is 0.440. The van der Waals surface area contributed by atoms with Gasteiger partial charge >= 0.3 is 6.18 Å². The molecule has 0 aromatic heterocycles. The normalized spacial score (nSPS) is 21.1. The lowest BCUT2D eigenvalue weighted by Crippen LogP contribution is -2.60. The van der Waals surface area contributed by atoms with Crippen molar-refractivity contribution < 1.29 is 22.7 Å². The average molecular weight is 473 g/mol. The number of nitriles is 1. The van der Waals surface area contributed by atoms with Gasteiger partial charge < -0.3 is 10.1 Å². The monoisotopic (exact) mass is 472 g/mol. The van der Waals surface area contributed by atoms with Gasteiger partial charge in [0, 0.05) is 39.3 Å². The minimum atomic E-state index is -4.31. The Morgan fingerprint density at radius 2 is 1.56 bits per heavy atom. The van der Waals surface area contributed by atoms with Gasteiger partial charge in [-0.1, -0.05) is 24.3 Å². The first kappa shape index (κ1) is 24.2. The molecule has 2 bridgehead atoms.